The summed E-state index contributed by atoms with van der Waals surface area (Å²) in [5.74, 6) is 0.130. The van der Waals surface area contributed by atoms with Crippen LogP contribution in [0.15, 0.2) is 103 Å². The zero-order chi connectivity index (χ0) is 37.7. The van der Waals surface area contributed by atoms with E-state index in [9.17, 15) is 19.2 Å². The van der Waals surface area contributed by atoms with Gasteiger partial charge in [-0.3, -0.25) is 19.2 Å². The number of nitrogens with zero attached hydrogens (tertiary/aromatic N) is 1. The van der Waals surface area contributed by atoms with E-state index in [1.807, 2.05) is 56.3 Å². The minimum absolute atomic E-state index is 0.00238. The molecule has 0 unspecified atom stereocenters. The number of amides is 4. The number of fused-ring (bicyclic) bond motifs is 1. The van der Waals surface area contributed by atoms with Crippen LogP contribution < -0.4 is 30.2 Å². The van der Waals surface area contributed by atoms with Crippen molar-refractivity contribution in [3.63, 3.8) is 0 Å². The molecule has 3 N–H and O–H groups in total. The molecule has 53 heavy (non-hydrogen) atoms. The Morgan fingerprint density at radius 2 is 1.57 bits per heavy atom. The first kappa shape index (κ1) is 38.7. The molecule has 0 aliphatic carbocycles. The van der Waals surface area contributed by atoms with Crippen molar-refractivity contribution in [3.8, 4) is 23.0 Å². The molecule has 5 rings (SSSR count). The summed E-state index contributed by atoms with van der Waals surface area (Å²) in [6.45, 7) is 5.87. The number of rotatable bonds is 10. The summed E-state index contributed by atoms with van der Waals surface area (Å²) in [7, 11) is 0. The summed E-state index contributed by atoms with van der Waals surface area (Å²) >= 11 is 6.01. The minimum atomic E-state index is -1.09. The van der Waals surface area contributed by atoms with Gasteiger partial charge < -0.3 is 35.1 Å². The molecule has 0 bridgehead atoms. The van der Waals surface area contributed by atoms with Crippen LogP contribution in [0.2, 0.25) is 5.02 Å². The smallest absolute Gasteiger partial charge is 0.255 e. The van der Waals surface area contributed by atoms with Crippen LogP contribution in [0.4, 0.5) is 0 Å². The van der Waals surface area contributed by atoms with Crippen molar-refractivity contribution < 1.29 is 33.4 Å². The molecule has 4 amide bonds. The molecule has 11 nitrogen and oxygen atoms in total. The van der Waals surface area contributed by atoms with Gasteiger partial charge in [0.05, 0.1) is 24.2 Å². The normalized spacial score (nSPS) is 17.6. The van der Waals surface area contributed by atoms with E-state index >= 15 is 0 Å². The Bertz CT molecular complexity index is 1850. The molecular formula is C41H45ClN4O7. The van der Waals surface area contributed by atoms with Gasteiger partial charge in [-0.25, -0.2) is 0 Å². The number of hydrogen-bond acceptors (Lipinski definition) is 7. The van der Waals surface area contributed by atoms with Crippen molar-refractivity contribution in [1.82, 2.24) is 20.9 Å². The lowest BCUT2D eigenvalue weighted by atomic mass is 10.1. The lowest BCUT2D eigenvalue weighted by Crippen LogP contribution is -2.50. The summed E-state index contributed by atoms with van der Waals surface area (Å²) < 4.78 is 18.1. The molecule has 4 aromatic rings. The van der Waals surface area contributed by atoms with Crippen molar-refractivity contribution >= 4 is 35.2 Å². The molecule has 3 atom stereocenters. The Kier molecular flexibility index (Phi) is 13.7. The van der Waals surface area contributed by atoms with Gasteiger partial charge in [-0.2, -0.15) is 0 Å². The van der Waals surface area contributed by atoms with Gasteiger partial charge >= 0.3 is 0 Å². The highest BCUT2D eigenvalue weighted by Crippen LogP contribution is 2.32. The number of hydrogen-bond donors (Lipinski definition) is 3. The second-order valence-electron chi connectivity index (χ2n) is 13.2. The average molecular weight is 741 g/mol. The van der Waals surface area contributed by atoms with Crippen LogP contribution in [0.3, 0.4) is 0 Å². The first-order valence-corrected chi connectivity index (χ1v) is 18.0. The molecule has 0 radical (unpaired) electrons. The summed E-state index contributed by atoms with van der Waals surface area (Å²) in [5, 5.41) is 9.35. The quantitative estimate of drug-likeness (QED) is 0.177. The third kappa shape index (κ3) is 11.5. The van der Waals surface area contributed by atoms with Gasteiger partial charge in [0.1, 0.15) is 30.8 Å². The van der Waals surface area contributed by atoms with Gasteiger partial charge in [-0.05, 0) is 73.4 Å². The fourth-order valence-electron chi connectivity index (χ4n) is 5.64. The maximum absolute atomic E-state index is 13.8. The zero-order valence-electron chi connectivity index (χ0n) is 30.0. The Morgan fingerprint density at radius 1 is 0.887 bits per heavy atom. The third-order valence-corrected chi connectivity index (χ3v) is 8.89. The largest absolute Gasteiger partial charge is 0.491 e. The van der Waals surface area contributed by atoms with Crippen molar-refractivity contribution in [2.45, 2.75) is 58.3 Å². The summed E-state index contributed by atoms with van der Waals surface area (Å²) in [6.07, 6.45) is -0.128. The monoisotopic (exact) mass is 740 g/mol. The maximum Gasteiger partial charge on any atom is 0.255 e. The van der Waals surface area contributed by atoms with Crippen LogP contribution in [0.1, 0.15) is 49.5 Å². The number of benzene rings is 4. The van der Waals surface area contributed by atoms with E-state index in [2.05, 4.69) is 16.0 Å². The van der Waals surface area contributed by atoms with Gasteiger partial charge in [0.2, 0.25) is 17.7 Å². The van der Waals surface area contributed by atoms with Crippen LogP contribution in [-0.2, 0) is 20.9 Å². The van der Waals surface area contributed by atoms with Crippen LogP contribution >= 0.6 is 11.6 Å². The second-order valence-corrected chi connectivity index (χ2v) is 13.7. The number of para-hydroxylation sites is 3. The van der Waals surface area contributed by atoms with Crippen molar-refractivity contribution in [2.24, 2.45) is 5.92 Å². The third-order valence-electron chi connectivity index (χ3n) is 8.64. The lowest BCUT2D eigenvalue weighted by Gasteiger charge is -2.26. The maximum atomic E-state index is 13.8. The molecule has 278 valence electrons. The molecule has 1 heterocycles. The molecule has 12 heteroatoms. The molecule has 0 fully saturated rings. The predicted molar refractivity (Wildman–Crippen MR) is 202 cm³/mol. The van der Waals surface area contributed by atoms with E-state index in [0.29, 0.717) is 28.0 Å². The molecule has 0 saturated carbocycles. The van der Waals surface area contributed by atoms with Crippen molar-refractivity contribution in [1.29, 1.82) is 0 Å². The van der Waals surface area contributed by atoms with Crippen LogP contribution in [0, 0.1) is 5.92 Å². The Labute approximate surface area is 315 Å². The van der Waals surface area contributed by atoms with E-state index in [1.54, 1.807) is 67.6 Å². The molecule has 0 spiro atoms. The standard InChI is InChI=1S/C41H45ClN4O7/c1-27(2)34-26-52-35-14-8-7-13-32(35)40(49)45-33(21-22-39(48)46(24-38(47)44-34)23-29-11-5-4-6-12-29)41(50)43-28(3)25-51-36-15-9-10-16-37(36)53-31-19-17-30(42)18-20-31/h4-20,27-28,33-34H,21-26H2,1-3H3,(H,43,50)(H,44,47)(H,45,49)/t28-,33+,34-/m1/s1. The van der Waals surface area contributed by atoms with E-state index < -0.39 is 29.9 Å². The molecular weight excluding hydrogens is 696 g/mol. The minimum Gasteiger partial charge on any atom is -0.491 e. The van der Waals surface area contributed by atoms with Crippen molar-refractivity contribution in [3.05, 3.63) is 119 Å². The summed E-state index contributed by atoms with van der Waals surface area (Å²) in [6, 6.07) is 28.2. The van der Waals surface area contributed by atoms with Gasteiger partial charge in [-0.1, -0.05) is 80.0 Å². The Hall–Kier alpha value is -5.55. The lowest BCUT2D eigenvalue weighted by molar-refractivity contribution is -0.137. The van der Waals surface area contributed by atoms with Gasteiger partial charge in [0.25, 0.3) is 5.91 Å². The average Bonchev–Trinajstić information content (AvgIpc) is 3.15. The highest BCUT2D eigenvalue weighted by Gasteiger charge is 2.28. The molecule has 0 aromatic heterocycles. The van der Waals surface area contributed by atoms with E-state index in [1.165, 1.54) is 4.90 Å². The Balaban J connectivity index is 1.33. The number of nitrogens with one attached hydrogen (secondary N) is 3. The number of carbonyl (C=O) groups excluding carboxylic acids is 4. The van der Waals surface area contributed by atoms with E-state index in [4.69, 9.17) is 25.8 Å². The summed E-state index contributed by atoms with van der Waals surface area (Å²) in [4.78, 5) is 56.1. The fourth-order valence-corrected chi connectivity index (χ4v) is 5.76. The van der Waals surface area contributed by atoms with E-state index in [-0.39, 0.29) is 62.4 Å². The van der Waals surface area contributed by atoms with E-state index in [0.717, 1.165) is 5.56 Å². The van der Waals surface area contributed by atoms with Crippen LogP contribution in [-0.4, -0.2) is 66.4 Å². The molecule has 4 aromatic carbocycles. The fraction of sp³-hybridized carbons (Fsp3) is 0.317. The van der Waals surface area contributed by atoms with Gasteiger partial charge in [0.15, 0.2) is 11.5 Å². The predicted octanol–water partition coefficient (Wildman–Crippen LogP) is 6.16. The van der Waals surface area contributed by atoms with Crippen LogP contribution in [0.5, 0.6) is 23.0 Å². The summed E-state index contributed by atoms with van der Waals surface area (Å²) in [5.41, 5.74) is 1.07. The zero-order valence-corrected chi connectivity index (χ0v) is 30.8. The first-order valence-electron chi connectivity index (χ1n) is 17.6. The number of carbonyl (C=O) groups is 4. The SMILES string of the molecule is CC(C)[C@H]1COc2ccccc2C(=O)N[C@H](C(=O)N[C@H](C)COc2ccccc2Oc2ccc(Cl)cc2)CCC(=O)N(Cc2ccccc2)CC(=O)N1. The number of ether oxygens (including phenoxy) is 3. The topological polar surface area (TPSA) is 135 Å². The molecule has 1 aliphatic heterocycles. The van der Waals surface area contributed by atoms with Crippen molar-refractivity contribution in [2.75, 3.05) is 19.8 Å². The Morgan fingerprint density at radius 3 is 2.30 bits per heavy atom. The highest BCUT2D eigenvalue weighted by atomic mass is 35.5. The first-order chi connectivity index (χ1) is 25.5. The van der Waals surface area contributed by atoms with Crippen LogP contribution in [0.25, 0.3) is 0 Å². The molecule has 0 saturated heterocycles. The van der Waals surface area contributed by atoms with Gasteiger partial charge in [-0.15, -0.1) is 0 Å². The molecule has 1 aliphatic rings. The van der Waals surface area contributed by atoms with Gasteiger partial charge in [0, 0.05) is 18.0 Å². The second kappa shape index (κ2) is 18.8. The number of halogens is 1. The highest BCUT2D eigenvalue weighted by molar-refractivity contribution is 6.30.